The fraction of sp³-hybridized carbons (Fsp3) is 0.0952. The van der Waals surface area contributed by atoms with Gasteiger partial charge in [-0.1, -0.05) is 41.4 Å². The lowest BCUT2D eigenvalue weighted by Crippen LogP contribution is -2.16. The van der Waals surface area contributed by atoms with Gasteiger partial charge >= 0.3 is 0 Å². The highest BCUT2D eigenvalue weighted by Gasteiger charge is 2.10. The van der Waals surface area contributed by atoms with E-state index in [-0.39, 0.29) is 0 Å². The number of rotatable bonds is 4. The van der Waals surface area contributed by atoms with Gasteiger partial charge in [-0.25, -0.2) is 4.99 Å². The minimum atomic E-state index is 0.624. The smallest absolute Gasteiger partial charge is 0.190 e. The van der Waals surface area contributed by atoms with E-state index in [1.165, 1.54) is 5.56 Å². The monoisotopic (exact) mass is 380 g/mol. The largest absolute Gasteiger partial charge is 0.467 e. The van der Waals surface area contributed by atoms with Crippen LogP contribution in [0.5, 0.6) is 0 Å². The first-order valence-electron chi connectivity index (χ1n) is 8.27. The van der Waals surface area contributed by atoms with Gasteiger partial charge in [0.15, 0.2) is 4.80 Å². The van der Waals surface area contributed by atoms with Crippen LogP contribution in [0.25, 0.3) is 11.3 Å². The number of nitrogens with zero attached hydrogens (tertiary/aromatic N) is 2. The van der Waals surface area contributed by atoms with E-state index in [2.05, 4.69) is 29.0 Å². The lowest BCUT2D eigenvalue weighted by Gasteiger charge is -2.08. The molecule has 2 aromatic heterocycles. The zero-order valence-corrected chi connectivity index (χ0v) is 15.8. The summed E-state index contributed by atoms with van der Waals surface area (Å²) in [5, 5.41) is 2.85. The first-order valence-corrected chi connectivity index (χ1v) is 9.53. The van der Waals surface area contributed by atoms with Crippen LogP contribution in [-0.2, 0) is 6.54 Å². The van der Waals surface area contributed by atoms with Gasteiger partial charge in [0.25, 0.3) is 0 Å². The van der Waals surface area contributed by atoms with Crippen molar-refractivity contribution in [1.29, 1.82) is 0 Å². The van der Waals surface area contributed by atoms with Crippen molar-refractivity contribution in [2.24, 2.45) is 4.99 Å². The predicted octanol–water partition coefficient (Wildman–Crippen LogP) is 6.05. The van der Waals surface area contributed by atoms with Crippen LogP contribution < -0.4 is 4.80 Å². The molecule has 0 N–H and O–H groups in total. The van der Waals surface area contributed by atoms with E-state index >= 15 is 0 Å². The summed E-state index contributed by atoms with van der Waals surface area (Å²) in [6.07, 6.45) is 1.70. The Morgan fingerprint density at radius 3 is 2.50 bits per heavy atom. The van der Waals surface area contributed by atoms with E-state index in [0.29, 0.717) is 6.54 Å². The van der Waals surface area contributed by atoms with E-state index in [4.69, 9.17) is 21.0 Å². The van der Waals surface area contributed by atoms with Crippen LogP contribution in [0.3, 0.4) is 0 Å². The van der Waals surface area contributed by atoms with Crippen LogP contribution >= 0.6 is 22.9 Å². The molecule has 0 unspecified atom stereocenters. The molecular weight excluding hydrogens is 364 g/mol. The predicted molar refractivity (Wildman–Crippen MR) is 107 cm³/mol. The summed E-state index contributed by atoms with van der Waals surface area (Å²) in [6, 6.07) is 20.0. The molecule has 26 heavy (non-hydrogen) atoms. The Balaban J connectivity index is 1.83. The molecule has 0 amide bonds. The second-order valence-corrected chi connectivity index (χ2v) is 7.30. The molecule has 0 aliphatic heterocycles. The number of aromatic nitrogens is 1. The van der Waals surface area contributed by atoms with Gasteiger partial charge in [-0.05, 0) is 48.9 Å². The highest BCUT2D eigenvalue weighted by Crippen LogP contribution is 2.24. The third kappa shape index (κ3) is 3.66. The van der Waals surface area contributed by atoms with Gasteiger partial charge in [0.05, 0.1) is 24.2 Å². The molecule has 5 heteroatoms. The average Bonchev–Trinajstić information content (AvgIpc) is 3.29. The lowest BCUT2D eigenvalue weighted by molar-refractivity contribution is 0.492. The molecule has 4 aromatic rings. The number of halogens is 1. The highest BCUT2D eigenvalue weighted by molar-refractivity contribution is 7.07. The minimum absolute atomic E-state index is 0.624. The number of thiazole rings is 1. The second-order valence-electron chi connectivity index (χ2n) is 6.02. The molecule has 0 aliphatic carbocycles. The average molecular weight is 381 g/mol. The van der Waals surface area contributed by atoms with Crippen molar-refractivity contribution in [3.63, 3.8) is 0 Å². The van der Waals surface area contributed by atoms with Gasteiger partial charge in [-0.15, -0.1) is 11.3 Å². The van der Waals surface area contributed by atoms with Gasteiger partial charge < -0.3 is 8.98 Å². The van der Waals surface area contributed by atoms with Gasteiger partial charge in [0, 0.05) is 10.4 Å². The lowest BCUT2D eigenvalue weighted by atomic mass is 10.2. The minimum Gasteiger partial charge on any atom is -0.467 e. The maximum atomic E-state index is 6.04. The first kappa shape index (κ1) is 16.9. The SMILES string of the molecule is Cc1ccc(N=c2scc(-c3ccc(Cl)cc3)n2Cc2ccco2)cc1. The number of furan rings is 1. The summed E-state index contributed by atoms with van der Waals surface area (Å²) < 4.78 is 7.73. The van der Waals surface area contributed by atoms with Gasteiger partial charge in [0.1, 0.15) is 5.76 Å². The second kappa shape index (κ2) is 7.36. The van der Waals surface area contributed by atoms with Crippen LogP contribution in [0.15, 0.2) is 81.7 Å². The molecule has 0 saturated carbocycles. The molecule has 0 bridgehead atoms. The molecule has 130 valence electrons. The molecule has 0 fully saturated rings. The van der Waals surface area contributed by atoms with Crippen molar-refractivity contribution in [1.82, 2.24) is 4.57 Å². The summed E-state index contributed by atoms with van der Waals surface area (Å²) >= 11 is 7.66. The maximum Gasteiger partial charge on any atom is 0.190 e. The number of hydrogen-bond acceptors (Lipinski definition) is 3. The van der Waals surface area contributed by atoms with Crippen LogP contribution in [0, 0.1) is 6.92 Å². The zero-order chi connectivity index (χ0) is 17.9. The molecule has 0 saturated heterocycles. The van der Waals surface area contributed by atoms with E-state index in [1.807, 2.05) is 48.5 Å². The fourth-order valence-corrected chi connectivity index (χ4v) is 3.77. The first-order chi connectivity index (χ1) is 12.7. The van der Waals surface area contributed by atoms with Crippen LogP contribution in [0.1, 0.15) is 11.3 Å². The standard InChI is InChI=1S/C21H17ClN2OS/c1-15-4-10-18(11-5-15)23-21-24(13-19-3-2-12-25-19)20(14-26-21)16-6-8-17(22)9-7-16/h2-12,14H,13H2,1H3. The summed E-state index contributed by atoms with van der Waals surface area (Å²) in [5.74, 6) is 0.893. The summed E-state index contributed by atoms with van der Waals surface area (Å²) in [5.41, 5.74) is 4.35. The number of benzene rings is 2. The van der Waals surface area contributed by atoms with E-state index < -0.39 is 0 Å². The Hall–Kier alpha value is -2.56. The van der Waals surface area contributed by atoms with Crippen molar-refractivity contribution in [2.45, 2.75) is 13.5 Å². The van der Waals surface area contributed by atoms with Gasteiger partial charge in [0.2, 0.25) is 0 Å². The number of hydrogen-bond donors (Lipinski definition) is 0. The molecule has 3 nitrogen and oxygen atoms in total. The molecule has 0 radical (unpaired) electrons. The van der Waals surface area contributed by atoms with Gasteiger partial charge in [-0.2, -0.15) is 0 Å². The Kier molecular flexibility index (Phi) is 4.78. The summed E-state index contributed by atoms with van der Waals surface area (Å²) in [7, 11) is 0. The number of aryl methyl sites for hydroxylation is 1. The fourth-order valence-electron chi connectivity index (χ4n) is 2.71. The molecular formula is C21H17ClN2OS. The molecule has 2 aromatic carbocycles. The summed E-state index contributed by atoms with van der Waals surface area (Å²) in [4.78, 5) is 5.77. The Labute approximate surface area is 160 Å². The molecule has 0 spiro atoms. The Bertz CT molecular complexity index is 1060. The van der Waals surface area contributed by atoms with Crippen LogP contribution in [-0.4, -0.2) is 4.57 Å². The van der Waals surface area contributed by atoms with E-state index in [9.17, 15) is 0 Å². The van der Waals surface area contributed by atoms with Crippen molar-refractivity contribution in [2.75, 3.05) is 0 Å². The molecule has 4 rings (SSSR count). The van der Waals surface area contributed by atoms with E-state index in [0.717, 1.165) is 32.5 Å². The molecule has 0 atom stereocenters. The zero-order valence-electron chi connectivity index (χ0n) is 14.2. The van der Waals surface area contributed by atoms with Crippen molar-refractivity contribution < 1.29 is 4.42 Å². The quantitative estimate of drug-likeness (QED) is 0.423. The summed E-state index contributed by atoms with van der Waals surface area (Å²) in [6.45, 7) is 2.70. The van der Waals surface area contributed by atoms with Gasteiger partial charge in [-0.3, -0.25) is 0 Å². The maximum absolute atomic E-state index is 6.04. The highest BCUT2D eigenvalue weighted by atomic mass is 35.5. The Morgan fingerprint density at radius 2 is 1.81 bits per heavy atom. The molecule has 2 heterocycles. The Morgan fingerprint density at radius 1 is 1.04 bits per heavy atom. The van der Waals surface area contributed by atoms with Crippen molar-refractivity contribution in [3.05, 3.63) is 93.5 Å². The van der Waals surface area contributed by atoms with Crippen LogP contribution in [0.4, 0.5) is 5.69 Å². The third-order valence-electron chi connectivity index (χ3n) is 4.09. The van der Waals surface area contributed by atoms with Crippen LogP contribution in [0.2, 0.25) is 5.02 Å². The topological polar surface area (TPSA) is 30.4 Å². The van der Waals surface area contributed by atoms with Crippen molar-refractivity contribution >= 4 is 28.6 Å². The normalized spacial score (nSPS) is 11.8. The molecule has 0 aliphatic rings. The third-order valence-corrected chi connectivity index (χ3v) is 5.21. The van der Waals surface area contributed by atoms with Crippen molar-refractivity contribution in [3.8, 4) is 11.3 Å². The van der Waals surface area contributed by atoms with E-state index in [1.54, 1.807) is 17.6 Å².